The summed E-state index contributed by atoms with van der Waals surface area (Å²) in [5.74, 6) is 0.564. The number of amides is 1. The summed E-state index contributed by atoms with van der Waals surface area (Å²) >= 11 is 5.36. The maximum atomic E-state index is 12.0. The van der Waals surface area contributed by atoms with Crippen molar-refractivity contribution in [3.05, 3.63) is 66.2 Å². The molecule has 5 nitrogen and oxygen atoms in total. The van der Waals surface area contributed by atoms with Crippen molar-refractivity contribution in [3.8, 4) is 0 Å². The number of para-hydroxylation sites is 1. The van der Waals surface area contributed by atoms with E-state index in [1.807, 2.05) is 60.7 Å². The van der Waals surface area contributed by atoms with Crippen LogP contribution >= 0.6 is 12.2 Å². The van der Waals surface area contributed by atoms with Gasteiger partial charge in [0.2, 0.25) is 0 Å². The number of nitrogens with one attached hydrogen (secondary N) is 3. The van der Waals surface area contributed by atoms with E-state index in [0.717, 1.165) is 43.5 Å². The third kappa shape index (κ3) is 6.85. The summed E-state index contributed by atoms with van der Waals surface area (Å²) in [5, 5.41) is 10.1. The third-order valence-corrected chi connectivity index (χ3v) is 5.21. The summed E-state index contributed by atoms with van der Waals surface area (Å²) in [4.78, 5) is 12.0. The number of carbonyl (C=O) groups excluding carboxylic acids is 1. The van der Waals surface area contributed by atoms with Gasteiger partial charge in [-0.3, -0.25) is 0 Å². The molecule has 3 rings (SSSR count). The van der Waals surface area contributed by atoms with Gasteiger partial charge in [0, 0.05) is 18.3 Å². The van der Waals surface area contributed by atoms with E-state index in [0.29, 0.717) is 17.6 Å². The largest absolute Gasteiger partial charge is 0.445 e. The second-order valence-corrected chi connectivity index (χ2v) is 7.53. The van der Waals surface area contributed by atoms with Gasteiger partial charge in [-0.15, -0.1) is 0 Å². The first-order valence-corrected chi connectivity index (χ1v) is 10.2. The van der Waals surface area contributed by atoms with Gasteiger partial charge >= 0.3 is 6.09 Å². The summed E-state index contributed by atoms with van der Waals surface area (Å²) in [6, 6.07) is 19.8. The summed E-state index contributed by atoms with van der Waals surface area (Å²) in [7, 11) is 0. The van der Waals surface area contributed by atoms with Crippen LogP contribution in [0.15, 0.2) is 60.7 Å². The maximum absolute atomic E-state index is 12.0. The van der Waals surface area contributed by atoms with Crippen LogP contribution in [-0.4, -0.2) is 23.8 Å². The van der Waals surface area contributed by atoms with Crippen LogP contribution in [0.3, 0.4) is 0 Å². The maximum Gasteiger partial charge on any atom is 0.407 e. The molecule has 0 spiro atoms. The Kier molecular flexibility index (Phi) is 7.67. The molecule has 1 amide bonds. The Balaban J connectivity index is 1.30. The zero-order valence-corrected chi connectivity index (χ0v) is 16.7. The molecule has 0 aromatic heterocycles. The topological polar surface area (TPSA) is 62.4 Å². The molecule has 0 heterocycles. The van der Waals surface area contributed by atoms with Gasteiger partial charge < -0.3 is 20.7 Å². The van der Waals surface area contributed by atoms with Crippen molar-refractivity contribution in [3.63, 3.8) is 0 Å². The van der Waals surface area contributed by atoms with Crippen LogP contribution in [0.4, 0.5) is 10.5 Å². The third-order valence-electron chi connectivity index (χ3n) is 4.96. The fourth-order valence-electron chi connectivity index (χ4n) is 3.38. The zero-order valence-electron chi connectivity index (χ0n) is 15.9. The lowest BCUT2D eigenvalue weighted by Gasteiger charge is -2.29. The average Bonchev–Trinajstić information content (AvgIpc) is 2.73. The lowest BCUT2D eigenvalue weighted by Crippen LogP contribution is -2.40. The van der Waals surface area contributed by atoms with E-state index in [4.69, 9.17) is 17.0 Å². The second kappa shape index (κ2) is 10.7. The molecule has 1 aliphatic rings. The fraction of sp³-hybridized carbons (Fsp3) is 0.364. The number of hydrogen-bond acceptors (Lipinski definition) is 3. The molecule has 0 radical (unpaired) electrons. The predicted molar refractivity (Wildman–Crippen MR) is 116 cm³/mol. The molecule has 148 valence electrons. The Bertz CT molecular complexity index is 747. The van der Waals surface area contributed by atoms with Crippen molar-refractivity contribution in [1.82, 2.24) is 10.6 Å². The second-order valence-electron chi connectivity index (χ2n) is 7.12. The van der Waals surface area contributed by atoms with Crippen molar-refractivity contribution >= 4 is 29.1 Å². The molecule has 2 aromatic rings. The van der Waals surface area contributed by atoms with Crippen LogP contribution in [0, 0.1) is 5.92 Å². The summed E-state index contributed by atoms with van der Waals surface area (Å²) in [6.45, 7) is 1.15. The molecule has 0 unspecified atom stereocenters. The number of carbonyl (C=O) groups is 1. The van der Waals surface area contributed by atoms with E-state index in [1.165, 1.54) is 0 Å². The van der Waals surface area contributed by atoms with Crippen LogP contribution in [0.25, 0.3) is 0 Å². The quantitative estimate of drug-likeness (QED) is 0.628. The fourth-order valence-corrected chi connectivity index (χ4v) is 3.58. The summed E-state index contributed by atoms with van der Waals surface area (Å²) in [6.07, 6.45) is 3.71. The number of rotatable bonds is 6. The molecular formula is C22H27N3O2S. The predicted octanol–water partition coefficient (Wildman–Crippen LogP) is 4.46. The van der Waals surface area contributed by atoms with Crippen molar-refractivity contribution in [1.29, 1.82) is 0 Å². The van der Waals surface area contributed by atoms with Gasteiger partial charge in [0.1, 0.15) is 6.61 Å². The number of benzene rings is 2. The van der Waals surface area contributed by atoms with Crippen LogP contribution in [0.1, 0.15) is 31.2 Å². The van der Waals surface area contributed by atoms with Crippen LogP contribution in [0.2, 0.25) is 0 Å². The average molecular weight is 398 g/mol. The van der Waals surface area contributed by atoms with Gasteiger partial charge in [-0.25, -0.2) is 4.79 Å². The first-order chi connectivity index (χ1) is 13.7. The van der Waals surface area contributed by atoms with Crippen molar-refractivity contribution in [2.75, 3.05) is 11.9 Å². The van der Waals surface area contributed by atoms with Crippen molar-refractivity contribution in [2.45, 2.75) is 38.3 Å². The minimum absolute atomic E-state index is 0.189. The molecule has 0 atom stereocenters. The highest BCUT2D eigenvalue weighted by Gasteiger charge is 2.23. The Labute approximate surface area is 171 Å². The van der Waals surface area contributed by atoms with E-state index in [-0.39, 0.29) is 12.1 Å². The van der Waals surface area contributed by atoms with Crippen molar-refractivity contribution in [2.24, 2.45) is 5.92 Å². The van der Waals surface area contributed by atoms with E-state index >= 15 is 0 Å². The first kappa shape index (κ1) is 20.1. The minimum Gasteiger partial charge on any atom is -0.445 e. The first-order valence-electron chi connectivity index (χ1n) is 9.76. The van der Waals surface area contributed by atoms with E-state index in [9.17, 15) is 4.79 Å². The Hall–Kier alpha value is -2.60. The van der Waals surface area contributed by atoms with Gasteiger partial charge in [-0.2, -0.15) is 0 Å². The highest BCUT2D eigenvalue weighted by Crippen LogP contribution is 2.24. The molecular weight excluding hydrogens is 370 g/mol. The minimum atomic E-state index is -0.335. The van der Waals surface area contributed by atoms with Crippen LogP contribution < -0.4 is 16.0 Å². The number of anilines is 1. The molecule has 3 N–H and O–H groups in total. The van der Waals surface area contributed by atoms with Crippen molar-refractivity contribution < 1.29 is 9.53 Å². The summed E-state index contributed by atoms with van der Waals surface area (Å²) in [5.41, 5.74) is 1.98. The van der Waals surface area contributed by atoms with Gasteiger partial charge in [0.15, 0.2) is 5.11 Å². The molecule has 0 aliphatic heterocycles. The molecule has 2 aromatic carbocycles. The van der Waals surface area contributed by atoms with E-state index < -0.39 is 0 Å². The van der Waals surface area contributed by atoms with E-state index in [2.05, 4.69) is 16.0 Å². The van der Waals surface area contributed by atoms with Gasteiger partial charge in [-0.05, 0) is 61.5 Å². The number of thiocarbonyl (C=S) groups is 1. The van der Waals surface area contributed by atoms with Gasteiger partial charge in [0.05, 0.1) is 0 Å². The molecule has 0 saturated heterocycles. The molecule has 1 fully saturated rings. The Morgan fingerprint density at radius 1 is 0.964 bits per heavy atom. The molecule has 28 heavy (non-hydrogen) atoms. The normalized spacial score (nSPS) is 18.7. The molecule has 6 heteroatoms. The summed E-state index contributed by atoms with van der Waals surface area (Å²) < 4.78 is 5.31. The lowest BCUT2D eigenvalue weighted by atomic mass is 9.86. The van der Waals surface area contributed by atoms with Crippen LogP contribution in [0.5, 0.6) is 0 Å². The smallest absolute Gasteiger partial charge is 0.407 e. The SMILES string of the molecule is O=C(NC1CCC(CNC(=S)Nc2ccccc2)CC1)OCc1ccccc1. The molecule has 1 saturated carbocycles. The molecule has 1 aliphatic carbocycles. The molecule has 0 bridgehead atoms. The zero-order chi connectivity index (χ0) is 19.6. The lowest BCUT2D eigenvalue weighted by molar-refractivity contribution is 0.131. The standard InChI is InChI=1S/C22H27N3O2S/c26-22(27-16-18-7-3-1-4-8-18)25-20-13-11-17(12-14-20)15-23-21(28)24-19-9-5-2-6-10-19/h1-10,17,20H,11-16H2,(H,25,26)(H2,23,24,28). The number of alkyl carbamates (subject to hydrolysis) is 1. The Morgan fingerprint density at radius 3 is 2.29 bits per heavy atom. The number of hydrogen-bond donors (Lipinski definition) is 3. The monoisotopic (exact) mass is 397 g/mol. The highest BCUT2D eigenvalue weighted by molar-refractivity contribution is 7.80. The number of ether oxygens (including phenoxy) is 1. The highest BCUT2D eigenvalue weighted by atomic mass is 32.1. The van der Waals surface area contributed by atoms with Crippen LogP contribution in [-0.2, 0) is 11.3 Å². The van der Waals surface area contributed by atoms with E-state index in [1.54, 1.807) is 0 Å². The van der Waals surface area contributed by atoms with Gasteiger partial charge in [-0.1, -0.05) is 48.5 Å². The van der Waals surface area contributed by atoms with Gasteiger partial charge in [0.25, 0.3) is 0 Å². The Morgan fingerprint density at radius 2 is 1.61 bits per heavy atom.